The summed E-state index contributed by atoms with van der Waals surface area (Å²) in [7, 11) is 0. The fourth-order valence-corrected chi connectivity index (χ4v) is 1.49. The van der Waals surface area contributed by atoms with Gasteiger partial charge < -0.3 is 4.74 Å². The van der Waals surface area contributed by atoms with Crippen molar-refractivity contribution >= 4 is 39.1 Å². The van der Waals surface area contributed by atoms with Gasteiger partial charge in [0.1, 0.15) is 0 Å². The molecule has 0 aliphatic rings. The number of ether oxygens (including phenoxy) is 1. The highest BCUT2D eigenvalue weighted by Crippen LogP contribution is 2.28. The Hall–Kier alpha value is -0.540. The van der Waals surface area contributed by atoms with Gasteiger partial charge >= 0.3 is 0 Å². The predicted octanol–water partition coefficient (Wildman–Crippen LogP) is 4.19. The van der Waals surface area contributed by atoms with Crippen LogP contribution < -0.4 is 0 Å². The minimum Gasteiger partial charge on any atom is -0.481 e. The lowest BCUT2D eigenvalue weighted by molar-refractivity contribution is 0.325. The van der Waals surface area contributed by atoms with Crippen molar-refractivity contribution < 1.29 is 4.74 Å². The monoisotopic (exact) mass is 275 g/mol. The third-order valence-electron chi connectivity index (χ3n) is 1.54. The van der Waals surface area contributed by atoms with Crippen molar-refractivity contribution in [2.24, 2.45) is 4.99 Å². The summed E-state index contributed by atoms with van der Waals surface area (Å²) in [6.07, 6.45) is 0. The maximum absolute atomic E-state index is 5.96. The lowest BCUT2D eigenvalue weighted by atomic mass is 10.3. The third kappa shape index (κ3) is 3.31. The summed E-state index contributed by atoms with van der Waals surface area (Å²) >= 11 is 9.31. The van der Waals surface area contributed by atoms with E-state index >= 15 is 0 Å². The first kappa shape index (κ1) is 11.5. The zero-order valence-electron chi connectivity index (χ0n) is 8.05. The van der Waals surface area contributed by atoms with Gasteiger partial charge in [-0.3, -0.25) is 0 Å². The summed E-state index contributed by atoms with van der Waals surface area (Å²) in [6, 6.07) is 5.52. The van der Waals surface area contributed by atoms with Crippen LogP contribution in [0.4, 0.5) is 5.69 Å². The first-order chi connectivity index (χ1) is 6.63. The lowest BCUT2D eigenvalue weighted by Gasteiger charge is -2.03. The number of rotatable bonds is 2. The fraction of sp³-hybridized carbons (Fsp3) is 0.300. The Kier molecular flexibility index (Phi) is 4.42. The second-order valence-electron chi connectivity index (χ2n) is 2.66. The van der Waals surface area contributed by atoms with E-state index in [4.69, 9.17) is 16.3 Å². The molecule has 4 heteroatoms. The van der Waals surface area contributed by atoms with Crippen LogP contribution in [-0.4, -0.2) is 12.5 Å². The van der Waals surface area contributed by atoms with Crippen molar-refractivity contribution in [1.29, 1.82) is 0 Å². The maximum Gasteiger partial charge on any atom is 0.185 e. The molecular weight excluding hydrogens is 265 g/mol. The Balaban J connectivity index is 2.95. The Labute approximate surface area is 97.1 Å². The van der Waals surface area contributed by atoms with E-state index < -0.39 is 0 Å². The van der Waals surface area contributed by atoms with E-state index in [0.29, 0.717) is 23.2 Å². The molecule has 0 amide bonds. The van der Waals surface area contributed by atoms with E-state index in [1.165, 1.54) is 0 Å². The molecule has 0 spiro atoms. The summed E-state index contributed by atoms with van der Waals surface area (Å²) < 4.78 is 6.17. The number of hydrogen-bond acceptors (Lipinski definition) is 2. The van der Waals surface area contributed by atoms with E-state index in [-0.39, 0.29) is 0 Å². The Morgan fingerprint density at radius 3 is 2.93 bits per heavy atom. The molecule has 0 saturated carbocycles. The van der Waals surface area contributed by atoms with Crippen LogP contribution in [0.25, 0.3) is 0 Å². The van der Waals surface area contributed by atoms with Gasteiger partial charge in [0, 0.05) is 11.4 Å². The van der Waals surface area contributed by atoms with Crippen LogP contribution in [0, 0.1) is 0 Å². The quantitative estimate of drug-likeness (QED) is 0.586. The molecule has 0 unspecified atom stereocenters. The molecule has 0 heterocycles. The van der Waals surface area contributed by atoms with Crippen molar-refractivity contribution in [3.05, 3.63) is 27.7 Å². The molecule has 1 aromatic carbocycles. The predicted molar refractivity (Wildman–Crippen MR) is 63.5 cm³/mol. The van der Waals surface area contributed by atoms with Gasteiger partial charge in [-0.15, -0.1) is 0 Å². The highest BCUT2D eigenvalue weighted by Gasteiger charge is 2.00. The molecule has 0 saturated heterocycles. The molecule has 0 aliphatic carbocycles. The van der Waals surface area contributed by atoms with Crippen LogP contribution in [0.3, 0.4) is 0 Å². The molecule has 1 aromatic rings. The van der Waals surface area contributed by atoms with Crippen molar-refractivity contribution in [1.82, 2.24) is 0 Å². The Bertz CT molecular complexity index is 352. The summed E-state index contributed by atoms with van der Waals surface area (Å²) in [5.41, 5.74) is 0.715. The molecule has 2 nitrogen and oxygen atoms in total. The molecule has 0 fully saturated rings. The summed E-state index contributed by atoms with van der Waals surface area (Å²) in [4.78, 5) is 4.24. The van der Waals surface area contributed by atoms with Gasteiger partial charge in [-0.05, 0) is 25.1 Å². The smallest absolute Gasteiger partial charge is 0.185 e. The summed E-state index contributed by atoms with van der Waals surface area (Å²) in [5.74, 6) is 0.618. The van der Waals surface area contributed by atoms with Crippen molar-refractivity contribution in [2.45, 2.75) is 13.8 Å². The molecule has 0 aromatic heterocycles. The van der Waals surface area contributed by atoms with Crippen LogP contribution >= 0.6 is 27.5 Å². The van der Waals surface area contributed by atoms with Gasteiger partial charge in [0.2, 0.25) is 0 Å². The van der Waals surface area contributed by atoms with Gasteiger partial charge in [-0.1, -0.05) is 27.5 Å². The molecule has 76 valence electrons. The minimum atomic E-state index is 0.612. The molecule has 1 rings (SSSR count). The summed E-state index contributed by atoms with van der Waals surface area (Å²) in [5, 5.41) is 0.618. The van der Waals surface area contributed by atoms with E-state index in [2.05, 4.69) is 20.9 Å². The van der Waals surface area contributed by atoms with Crippen LogP contribution in [0.15, 0.2) is 27.7 Å². The second-order valence-corrected chi connectivity index (χ2v) is 3.98. The van der Waals surface area contributed by atoms with Gasteiger partial charge in [0.15, 0.2) is 5.90 Å². The van der Waals surface area contributed by atoms with Gasteiger partial charge in [-0.2, -0.15) is 0 Å². The summed E-state index contributed by atoms with van der Waals surface area (Å²) in [6.45, 7) is 4.34. The van der Waals surface area contributed by atoms with Crippen molar-refractivity contribution in [2.75, 3.05) is 6.61 Å². The highest BCUT2D eigenvalue weighted by molar-refractivity contribution is 9.10. The Morgan fingerprint density at radius 2 is 2.29 bits per heavy atom. The van der Waals surface area contributed by atoms with Crippen molar-refractivity contribution in [3.63, 3.8) is 0 Å². The van der Waals surface area contributed by atoms with Gasteiger partial charge in [0.25, 0.3) is 0 Å². The first-order valence-corrected chi connectivity index (χ1v) is 5.43. The number of hydrogen-bond donors (Lipinski definition) is 0. The zero-order chi connectivity index (χ0) is 10.6. The first-order valence-electron chi connectivity index (χ1n) is 4.26. The minimum absolute atomic E-state index is 0.612. The zero-order valence-corrected chi connectivity index (χ0v) is 10.4. The van der Waals surface area contributed by atoms with Crippen LogP contribution in [0.2, 0.25) is 5.02 Å². The van der Waals surface area contributed by atoms with Gasteiger partial charge in [-0.25, -0.2) is 4.99 Å². The molecule has 0 N–H and O–H groups in total. The van der Waals surface area contributed by atoms with Gasteiger partial charge in [0.05, 0.1) is 17.3 Å². The van der Waals surface area contributed by atoms with E-state index in [0.717, 1.165) is 4.47 Å². The molecule has 0 atom stereocenters. The van der Waals surface area contributed by atoms with Crippen LogP contribution in [-0.2, 0) is 4.74 Å². The molecule has 0 bridgehead atoms. The third-order valence-corrected chi connectivity index (χ3v) is 2.35. The average Bonchev–Trinajstić information content (AvgIpc) is 2.12. The van der Waals surface area contributed by atoms with E-state index in [9.17, 15) is 0 Å². The second kappa shape index (κ2) is 5.37. The fourth-order valence-electron chi connectivity index (χ4n) is 0.982. The normalized spacial score (nSPS) is 11.6. The molecule has 0 aliphatic heterocycles. The highest BCUT2D eigenvalue weighted by atomic mass is 79.9. The Morgan fingerprint density at radius 1 is 1.57 bits per heavy atom. The standard InChI is InChI=1S/C10H11BrClNO/c1-3-14-7(2)13-10-6-8(11)4-5-9(10)12/h4-6H,3H2,1-2H3. The average molecular weight is 277 g/mol. The topological polar surface area (TPSA) is 21.6 Å². The largest absolute Gasteiger partial charge is 0.481 e. The SMILES string of the molecule is CCOC(C)=Nc1cc(Br)ccc1Cl. The van der Waals surface area contributed by atoms with Crippen LogP contribution in [0.1, 0.15) is 13.8 Å². The van der Waals surface area contributed by atoms with Crippen LogP contribution in [0.5, 0.6) is 0 Å². The molecule has 0 radical (unpaired) electrons. The van der Waals surface area contributed by atoms with E-state index in [1.807, 2.05) is 19.1 Å². The maximum atomic E-state index is 5.96. The molecular formula is C10H11BrClNO. The van der Waals surface area contributed by atoms with E-state index in [1.54, 1.807) is 13.0 Å². The molecule has 14 heavy (non-hydrogen) atoms. The van der Waals surface area contributed by atoms with Crippen molar-refractivity contribution in [3.8, 4) is 0 Å². The number of benzene rings is 1. The number of nitrogens with zero attached hydrogens (tertiary/aromatic N) is 1. The lowest BCUT2D eigenvalue weighted by Crippen LogP contribution is -1.97. The number of halogens is 2. The number of aliphatic imine (C=N–C) groups is 1.